The van der Waals surface area contributed by atoms with E-state index in [0.717, 1.165) is 5.56 Å². The molecule has 0 fully saturated rings. The highest BCUT2D eigenvalue weighted by atomic mass is 16.5. The highest BCUT2D eigenvalue weighted by molar-refractivity contribution is 5.96. The molecule has 5 nitrogen and oxygen atoms in total. The number of benzene rings is 2. The van der Waals surface area contributed by atoms with Crippen LogP contribution < -0.4 is 10.2 Å². The summed E-state index contributed by atoms with van der Waals surface area (Å²) in [5, 5.41) is 18.4. The van der Waals surface area contributed by atoms with E-state index in [1.165, 1.54) is 23.7 Å². The van der Waals surface area contributed by atoms with Crippen LogP contribution in [0.5, 0.6) is 11.5 Å². The van der Waals surface area contributed by atoms with E-state index in [0.29, 0.717) is 0 Å². The first kappa shape index (κ1) is 12.9. The summed E-state index contributed by atoms with van der Waals surface area (Å²) >= 11 is 0. The molecule has 0 saturated carbocycles. The van der Waals surface area contributed by atoms with Crippen LogP contribution in [0.2, 0.25) is 0 Å². The van der Waals surface area contributed by atoms with Crippen LogP contribution in [0.15, 0.2) is 48.5 Å². The molecule has 0 unspecified atom stereocenters. The zero-order chi connectivity index (χ0) is 13.7. The first-order chi connectivity index (χ1) is 9.22. The summed E-state index contributed by atoms with van der Waals surface area (Å²) in [6, 6.07) is 13.7. The summed E-state index contributed by atoms with van der Waals surface area (Å²) in [5.41, 5.74) is 2.49. The van der Waals surface area contributed by atoms with Crippen molar-refractivity contribution in [3.8, 4) is 11.5 Å². The minimum atomic E-state index is -0.737. The van der Waals surface area contributed by atoms with Gasteiger partial charge < -0.3 is 9.84 Å². The Morgan fingerprint density at radius 2 is 1.84 bits per heavy atom. The Kier molecular flexibility index (Phi) is 4.00. The number of ether oxygens (including phenoxy) is 1. The molecule has 0 saturated heterocycles. The summed E-state index contributed by atoms with van der Waals surface area (Å²) in [6.07, 6.45) is 0. The van der Waals surface area contributed by atoms with Gasteiger partial charge in [-0.2, -0.15) is 0 Å². The number of phenolic OH excluding ortho intramolecular Hbond substituents is 1. The van der Waals surface area contributed by atoms with Gasteiger partial charge in [-0.1, -0.05) is 36.4 Å². The zero-order valence-electron chi connectivity index (χ0n) is 10.0. The first-order valence-corrected chi connectivity index (χ1v) is 5.65. The van der Waals surface area contributed by atoms with E-state index < -0.39 is 5.91 Å². The number of phenols is 1. The predicted molar refractivity (Wildman–Crippen MR) is 68.1 cm³/mol. The highest BCUT2D eigenvalue weighted by Crippen LogP contribution is 2.30. The van der Waals surface area contributed by atoms with E-state index in [4.69, 9.17) is 9.94 Å². The van der Waals surface area contributed by atoms with Gasteiger partial charge in [0.2, 0.25) is 0 Å². The Hall–Kier alpha value is -2.53. The van der Waals surface area contributed by atoms with Gasteiger partial charge in [0.05, 0.1) is 5.56 Å². The van der Waals surface area contributed by atoms with E-state index in [1.54, 1.807) is 0 Å². The lowest BCUT2D eigenvalue weighted by Gasteiger charge is -2.11. The van der Waals surface area contributed by atoms with Gasteiger partial charge in [-0.3, -0.25) is 10.0 Å². The molecule has 98 valence electrons. The van der Waals surface area contributed by atoms with Gasteiger partial charge in [0.25, 0.3) is 5.91 Å². The van der Waals surface area contributed by atoms with Crippen LogP contribution in [0.25, 0.3) is 0 Å². The topological polar surface area (TPSA) is 78.8 Å². The monoisotopic (exact) mass is 259 g/mol. The second-order valence-corrected chi connectivity index (χ2v) is 3.87. The van der Waals surface area contributed by atoms with Crippen molar-refractivity contribution in [1.29, 1.82) is 0 Å². The molecule has 2 aromatic carbocycles. The van der Waals surface area contributed by atoms with Gasteiger partial charge in [-0.05, 0) is 17.7 Å². The SMILES string of the molecule is O=C(NO)c1cccc(O)c1OCc1ccccc1. The molecule has 19 heavy (non-hydrogen) atoms. The third-order valence-electron chi connectivity index (χ3n) is 2.57. The van der Waals surface area contributed by atoms with Crippen molar-refractivity contribution < 1.29 is 19.8 Å². The van der Waals surface area contributed by atoms with Crippen molar-refractivity contribution in [3.05, 3.63) is 59.7 Å². The molecule has 0 aliphatic heterocycles. The second-order valence-electron chi connectivity index (χ2n) is 3.87. The van der Waals surface area contributed by atoms with Gasteiger partial charge in [0, 0.05) is 0 Å². The third kappa shape index (κ3) is 3.02. The minimum absolute atomic E-state index is 0.0397. The third-order valence-corrected chi connectivity index (χ3v) is 2.57. The molecule has 0 bridgehead atoms. The van der Waals surface area contributed by atoms with E-state index in [2.05, 4.69) is 0 Å². The van der Waals surface area contributed by atoms with Crippen LogP contribution in [0.4, 0.5) is 0 Å². The molecule has 0 atom stereocenters. The van der Waals surface area contributed by atoms with Crippen LogP contribution >= 0.6 is 0 Å². The average molecular weight is 259 g/mol. The molecule has 0 radical (unpaired) electrons. The Bertz CT molecular complexity index is 569. The van der Waals surface area contributed by atoms with E-state index in [9.17, 15) is 9.90 Å². The van der Waals surface area contributed by atoms with Crippen molar-refractivity contribution in [2.75, 3.05) is 0 Å². The average Bonchev–Trinajstić information content (AvgIpc) is 2.46. The number of para-hydroxylation sites is 1. The molecule has 0 aromatic heterocycles. The number of carbonyl (C=O) groups is 1. The molecule has 5 heteroatoms. The quantitative estimate of drug-likeness (QED) is 0.580. The number of hydrogen-bond acceptors (Lipinski definition) is 4. The maximum Gasteiger partial charge on any atom is 0.278 e. The lowest BCUT2D eigenvalue weighted by Crippen LogP contribution is -2.19. The smallest absolute Gasteiger partial charge is 0.278 e. The summed E-state index contributed by atoms with van der Waals surface area (Å²) < 4.78 is 5.46. The Morgan fingerprint density at radius 3 is 2.53 bits per heavy atom. The van der Waals surface area contributed by atoms with Crippen molar-refractivity contribution in [3.63, 3.8) is 0 Å². The largest absolute Gasteiger partial charge is 0.504 e. The fourth-order valence-electron chi connectivity index (χ4n) is 1.65. The molecule has 0 heterocycles. The zero-order valence-corrected chi connectivity index (χ0v) is 10.0. The Balaban J connectivity index is 2.22. The van der Waals surface area contributed by atoms with Crippen molar-refractivity contribution in [2.24, 2.45) is 0 Å². The second kappa shape index (κ2) is 5.88. The summed E-state index contributed by atoms with van der Waals surface area (Å²) in [4.78, 5) is 11.4. The van der Waals surface area contributed by atoms with E-state index in [-0.39, 0.29) is 23.7 Å². The molecule has 0 aliphatic rings. The van der Waals surface area contributed by atoms with Gasteiger partial charge in [-0.25, -0.2) is 5.48 Å². The number of hydroxylamine groups is 1. The molecular weight excluding hydrogens is 246 g/mol. The summed E-state index contributed by atoms with van der Waals surface area (Å²) in [7, 11) is 0. The standard InChI is InChI=1S/C14H13NO4/c16-12-8-4-7-11(14(17)15-18)13(12)19-9-10-5-2-1-3-6-10/h1-8,16,18H,9H2,(H,15,17). The number of carbonyl (C=O) groups excluding carboxylic acids is 1. The van der Waals surface area contributed by atoms with Gasteiger partial charge >= 0.3 is 0 Å². The lowest BCUT2D eigenvalue weighted by molar-refractivity contribution is 0.0701. The van der Waals surface area contributed by atoms with Crippen LogP contribution in [0, 0.1) is 0 Å². The van der Waals surface area contributed by atoms with Crippen LogP contribution in [0.3, 0.4) is 0 Å². The summed E-state index contributed by atoms with van der Waals surface area (Å²) in [5.74, 6) is -0.853. The van der Waals surface area contributed by atoms with Crippen molar-refractivity contribution in [2.45, 2.75) is 6.61 Å². The van der Waals surface area contributed by atoms with Gasteiger partial charge in [-0.15, -0.1) is 0 Å². The summed E-state index contributed by atoms with van der Waals surface area (Å²) in [6.45, 7) is 0.212. The number of nitrogens with one attached hydrogen (secondary N) is 1. The fourth-order valence-corrected chi connectivity index (χ4v) is 1.65. The normalized spacial score (nSPS) is 9.95. The Morgan fingerprint density at radius 1 is 1.11 bits per heavy atom. The van der Waals surface area contributed by atoms with Crippen LogP contribution in [-0.2, 0) is 6.61 Å². The maximum absolute atomic E-state index is 11.4. The maximum atomic E-state index is 11.4. The number of aromatic hydroxyl groups is 1. The van der Waals surface area contributed by atoms with Gasteiger partial charge in [0.1, 0.15) is 6.61 Å². The molecule has 2 aromatic rings. The van der Waals surface area contributed by atoms with Crippen LogP contribution in [-0.4, -0.2) is 16.2 Å². The molecular formula is C14H13NO4. The molecule has 0 aliphatic carbocycles. The number of amides is 1. The van der Waals surface area contributed by atoms with Gasteiger partial charge in [0.15, 0.2) is 11.5 Å². The predicted octanol–water partition coefficient (Wildman–Crippen LogP) is 2.09. The first-order valence-electron chi connectivity index (χ1n) is 5.65. The highest BCUT2D eigenvalue weighted by Gasteiger charge is 2.15. The Labute approximate surface area is 110 Å². The number of rotatable bonds is 4. The van der Waals surface area contributed by atoms with Crippen LogP contribution in [0.1, 0.15) is 15.9 Å². The minimum Gasteiger partial charge on any atom is -0.504 e. The molecule has 2 rings (SSSR count). The fraction of sp³-hybridized carbons (Fsp3) is 0.0714. The van der Waals surface area contributed by atoms with Crippen molar-refractivity contribution in [1.82, 2.24) is 5.48 Å². The lowest BCUT2D eigenvalue weighted by atomic mass is 10.1. The van der Waals surface area contributed by atoms with Crippen molar-refractivity contribution >= 4 is 5.91 Å². The van der Waals surface area contributed by atoms with E-state index in [1.807, 2.05) is 30.3 Å². The molecule has 1 amide bonds. The molecule has 0 spiro atoms. The van der Waals surface area contributed by atoms with E-state index >= 15 is 0 Å². The molecule has 3 N–H and O–H groups in total. The number of hydrogen-bond donors (Lipinski definition) is 3.